The SMILES string of the molecule is CN1C(=O)N(C)C(=O)C2(Cc3cc([N+](=O)[O-])ccc3N3CCN(C=O)C[C@H]32)C1=O. The van der Waals surface area contributed by atoms with E-state index >= 15 is 0 Å². The number of imide groups is 2. The molecule has 0 saturated carbocycles. The third-order valence-corrected chi connectivity index (χ3v) is 6.13. The van der Waals surface area contributed by atoms with Crippen molar-refractivity contribution in [2.45, 2.75) is 12.5 Å². The second-order valence-corrected chi connectivity index (χ2v) is 7.54. The Balaban J connectivity index is 1.92. The van der Waals surface area contributed by atoms with E-state index in [4.69, 9.17) is 0 Å². The summed E-state index contributed by atoms with van der Waals surface area (Å²) in [4.78, 5) is 66.2. The number of rotatable bonds is 2. The first-order valence-corrected chi connectivity index (χ1v) is 9.06. The van der Waals surface area contributed by atoms with E-state index in [2.05, 4.69) is 0 Å². The van der Waals surface area contributed by atoms with E-state index in [0.717, 1.165) is 9.80 Å². The van der Waals surface area contributed by atoms with Crippen LogP contribution in [0.2, 0.25) is 0 Å². The molecule has 152 valence electrons. The Morgan fingerprint density at radius 3 is 2.38 bits per heavy atom. The number of fused-ring (bicyclic) bond motifs is 4. The quantitative estimate of drug-likeness (QED) is 0.292. The molecular weight excluding hydrogens is 382 g/mol. The number of piperazine rings is 1. The number of nitro groups is 1. The van der Waals surface area contributed by atoms with Crippen LogP contribution in [0.5, 0.6) is 0 Å². The zero-order valence-electron chi connectivity index (χ0n) is 15.9. The average Bonchev–Trinajstić information content (AvgIpc) is 2.74. The van der Waals surface area contributed by atoms with Gasteiger partial charge in [0.1, 0.15) is 0 Å². The van der Waals surface area contributed by atoms with Crippen molar-refractivity contribution in [3.8, 4) is 0 Å². The van der Waals surface area contributed by atoms with Crippen molar-refractivity contribution in [2.24, 2.45) is 5.41 Å². The van der Waals surface area contributed by atoms with Gasteiger partial charge in [0.05, 0.1) is 11.0 Å². The highest BCUT2D eigenvalue weighted by Crippen LogP contribution is 2.47. The molecule has 0 N–H and O–H groups in total. The molecule has 3 aliphatic rings. The van der Waals surface area contributed by atoms with Crippen LogP contribution in [0.1, 0.15) is 5.56 Å². The van der Waals surface area contributed by atoms with Gasteiger partial charge in [0, 0.05) is 58.0 Å². The molecule has 4 rings (SSSR count). The summed E-state index contributed by atoms with van der Waals surface area (Å²) in [5.74, 6) is -1.32. The Morgan fingerprint density at radius 2 is 1.79 bits per heavy atom. The standard InChI is InChI=1S/C18H19N5O6/c1-19-15(25)18(16(26)20(2)17(19)27)8-11-7-12(23(28)29)3-4-13(11)22-6-5-21(10-24)9-14(18)22/h3-4,7,10,14H,5-6,8-9H2,1-2H3/t14-/m0/s1. The van der Waals surface area contributed by atoms with Crippen molar-refractivity contribution >= 4 is 35.6 Å². The molecule has 0 aliphatic carbocycles. The molecule has 29 heavy (non-hydrogen) atoms. The number of carbonyl (C=O) groups excluding carboxylic acids is 4. The van der Waals surface area contributed by atoms with Crippen LogP contribution in [-0.2, 0) is 20.8 Å². The monoisotopic (exact) mass is 401 g/mol. The number of anilines is 1. The Kier molecular flexibility index (Phi) is 4.07. The largest absolute Gasteiger partial charge is 0.363 e. The second kappa shape index (κ2) is 6.26. The molecule has 0 bridgehead atoms. The van der Waals surface area contributed by atoms with Crippen LogP contribution in [-0.4, -0.2) is 83.7 Å². The lowest BCUT2D eigenvalue weighted by Crippen LogP contribution is -2.74. The third kappa shape index (κ3) is 2.43. The predicted octanol–water partition coefficient (Wildman–Crippen LogP) is -0.165. The van der Waals surface area contributed by atoms with Gasteiger partial charge in [0.25, 0.3) is 5.69 Å². The second-order valence-electron chi connectivity index (χ2n) is 7.54. The molecule has 11 nitrogen and oxygen atoms in total. The smallest absolute Gasteiger partial charge is 0.332 e. The number of barbiturate groups is 1. The third-order valence-electron chi connectivity index (χ3n) is 6.13. The molecule has 0 aromatic heterocycles. The van der Waals surface area contributed by atoms with E-state index in [1.54, 1.807) is 6.07 Å². The topological polar surface area (TPSA) is 124 Å². The van der Waals surface area contributed by atoms with Gasteiger partial charge in [-0.15, -0.1) is 0 Å². The normalized spacial score (nSPS) is 23.2. The Morgan fingerprint density at radius 1 is 1.14 bits per heavy atom. The summed E-state index contributed by atoms with van der Waals surface area (Å²) >= 11 is 0. The van der Waals surface area contributed by atoms with Crippen LogP contribution < -0.4 is 4.90 Å². The minimum Gasteiger partial charge on any atom is -0.363 e. The average molecular weight is 401 g/mol. The minimum atomic E-state index is -1.65. The van der Waals surface area contributed by atoms with Gasteiger partial charge in [-0.3, -0.25) is 34.3 Å². The number of hydrogen-bond acceptors (Lipinski definition) is 7. The van der Waals surface area contributed by atoms with E-state index in [-0.39, 0.29) is 18.7 Å². The highest BCUT2D eigenvalue weighted by Gasteiger charge is 2.63. The van der Waals surface area contributed by atoms with Gasteiger partial charge in [-0.05, 0) is 11.6 Å². The molecular formula is C18H19N5O6. The van der Waals surface area contributed by atoms with Crippen molar-refractivity contribution in [3.63, 3.8) is 0 Å². The summed E-state index contributed by atoms with van der Waals surface area (Å²) in [6, 6.07) is 2.95. The fourth-order valence-corrected chi connectivity index (χ4v) is 4.66. The summed E-state index contributed by atoms with van der Waals surface area (Å²) in [7, 11) is 2.62. The molecule has 5 amide bonds. The molecule has 2 saturated heterocycles. The van der Waals surface area contributed by atoms with E-state index in [0.29, 0.717) is 30.8 Å². The van der Waals surface area contributed by atoms with Gasteiger partial charge in [-0.1, -0.05) is 0 Å². The molecule has 11 heteroatoms. The lowest BCUT2D eigenvalue weighted by Gasteiger charge is -2.55. The van der Waals surface area contributed by atoms with E-state index in [1.807, 2.05) is 4.90 Å². The fourth-order valence-electron chi connectivity index (χ4n) is 4.66. The number of nitro benzene ring substituents is 1. The van der Waals surface area contributed by atoms with Crippen LogP contribution >= 0.6 is 0 Å². The minimum absolute atomic E-state index is 0.0858. The highest BCUT2D eigenvalue weighted by atomic mass is 16.6. The molecule has 0 radical (unpaired) electrons. The van der Waals surface area contributed by atoms with Crippen LogP contribution in [0.4, 0.5) is 16.2 Å². The van der Waals surface area contributed by atoms with Gasteiger partial charge in [0.15, 0.2) is 5.41 Å². The van der Waals surface area contributed by atoms with Crippen LogP contribution in [0.3, 0.4) is 0 Å². The van der Waals surface area contributed by atoms with Crippen LogP contribution in [0.15, 0.2) is 18.2 Å². The maximum Gasteiger partial charge on any atom is 0.332 e. The zero-order valence-corrected chi connectivity index (χ0v) is 15.9. The number of benzene rings is 1. The number of amides is 5. The van der Waals surface area contributed by atoms with Crippen LogP contribution in [0.25, 0.3) is 0 Å². The molecule has 1 aromatic rings. The Labute approximate surface area is 165 Å². The molecule has 1 spiro atoms. The van der Waals surface area contributed by atoms with Crippen molar-refractivity contribution < 1.29 is 24.1 Å². The maximum absolute atomic E-state index is 13.3. The van der Waals surface area contributed by atoms with Gasteiger partial charge < -0.3 is 9.80 Å². The number of carbonyl (C=O) groups is 4. The van der Waals surface area contributed by atoms with Gasteiger partial charge in [0.2, 0.25) is 18.2 Å². The summed E-state index contributed by atoms with van der Waals surface area (Å²) < 4.78 is 0. The number of urea groups is 1. The molecule has 1 aromatic carbocycles. The summed E-state index contributed by atoms with van der Waals surface area (Å²) in [5, 5.41) is 11.2. The van der Waals surface area contributed by atoms with Crippen molar-refractivity contribution in [1.29, 1.82) is 0 Å². The van der Waals surface area contributed by atoms with E-state index in [1.165, 1.54) is 31.1 Å². The van der Waals surface area contributed by atoms with Crippen molar-refractivity contribution in [1.82, 2.24) is 14.7 Å². The Hall–Kier alpha value is -3.50. The van der Waals surface area contributed by atoms with Crippen molar-refractivity contribution in [3.05, 3.63) is 33.9 Å². The highest BCUT2D eigenvalue weighted by molar-refractivity contribution is 6.20. The maximum atomic E-state index is 13.3. The first kappa shape index (κ1) is 18.8. The van der Waals surface area contributed by atoms with E-state index in [9.17, 15) is 29.3 Å². The molecule has 3 aliphatic heterocycles. The number of nitrogens with zero attached hydrogens (tertiary/aromatic N) is 5. The van der Waals surface area contributed by atoms with Gasteiger partial charge >= 0.3 is 6.03 Å². The zero-order chi connectivity index (χ0) is 21.1. The van der Waals surface area contributed by atoms with Crippen LogP contribution in [0, 0.1) is 15.5 Å². The molecule has 1 atom stereocenters. The van der Waals surface area contributed by atoms with Gasteiger partial charge in [-0.25, -0.2) is 4.79 Å². The predicted molar refractivity (Wildman–Crippen MR) is 98.9 cm³/mol. The Bertz CT molecular complexity index is 938. The lowest BCUT2D eigenvalue weighted by atomic mass is 9.67. The lowest BCUT2D eigenvalue weighted by molar-refractivity contribution is -0.384. The first-order valence-electron chi connectivity index (χ1n) is 9.06. The molecule has 2 fully saturated rings. The molecule has 0 unspecified atom stereocenters. The summed E-state index contributed by atoms with van der Waals surface area (Å²) in [5.41, 5.74) is -0.605. The van der Waals surface area contributed by atoms with Crippen molar-refractivity contribution in [2.75, 3.05) is 38.6 Å². The molecule has 3 heterocycles. The number of hydrogen-bond donors (Lipinski definition) is 0. The van der Waals surface area contributed by atoms with Gasteiger partial charge in [-0.2, -0.15) is 0 Å². The summed E-state index contributed by atoms with van der Waals surface area (Å²) in [6.07, 6.45) is 0.588. The first-order chi connectivity index (χ1) is 13.7. The fraction of sp³-hybridized carbons (Fsp3) is 0.444. The summed E-state index contributed by atoms with van der Waals surface area (Å²) in [6.45, 7) is 0.880. The van der Waals surface area contributed by atoms with E-state index < -0.39 is 34.2 Å². The number of non-ortho nitro benzene ring substituents is 1.